The van der Waals surface area contributed by atoms with Gasteiger partial charge in [0, 0.05) is 5.56 Å². The quantitative estimate of drug-likeness (QED) is 0.555. The second-order valence-corrected chi connectivity index (χ2v) is 3.27. The van der Waals surface area contributed by atoms with Gasteiger partial charge in [0.1, 0.15) is 5.82 Å². The van der Waals surface area contributed by atoms with Crippen molar-refractivity contribution in [2.75, 3.05) is 0 Å². The molecule has 1 rings (SSSR count). The zero-order valence-electron chi connectivity index (χ0n) is 7.15. The fraction of sp³-hybridized carbons (Fsp3) is 0.222. The number of hydrogen-bond donors (Lipinski definition) is 0. The van der Waals surface area contributed by atoms with Crippen LogP contribution in [0.15, 0.2) is 18.2 Å². The van der Waals surface area contributed by atoms with E-state index in [1.54, 1.807) is 0 Å². The molecule has 1 aromatic rings. The molecule has 0 saturated heterocycles. The predicted octanol–water partition coefficient (Wildman–Crippen LogP) is 3.15. The average Bonchev–Trinajstić information content (AvgIpc) is 2.07. The fourth-order valence-electron chi connectivity index (χ4n) is 0.950. The molecule has 5 heteroatoms. The number of Topliss-reactive ketones (excluding diaryl/α,β-unsaturated/α-hetero) is 1. The largest absolute Gasteiger partial charge is 0.384 e. The van der Waals surface area contributed by atoms with Gasteiger partial charge in [0.2, 0.25) is 5.78 Å². The first kappa shape index (κ1) is 11.0. The number of carbonyl (C=O) groups excluding carboxylic acids is 1. The van der Waals surface area contributed by atoms with Gasteiger partial charge in [0.15, 0.2) is 0 Å². The van der Waals surface area contributed by atoms with Gasteiger partial charge in [-0.05, 0) is 42.3 Å². The predicted molar refractivity (Wildman–Crippen MR) is 46.3 cm³/mol. The molecular formula is C9H6ClF3O. The maximum absolute atomic E-state index is 12.7. The number of benzene rings is 1. The molecule has 0 amide bonds. The van der Waals surface area contributed by atoms with Gasteiger partial charge >= 0.3 is 5.38 Å². The van der Waals surface area contributed by atoms with Crippen molar-refractivity contribution in [3.8, 4) is 0 Å². The zero-order valence-corrected chi connectivity index (χ0v) is 7.91. The van der Waals surface area contributed by atoms with Gasteiger partial charge in [-0.25, -0.2) is 4.39 Å². The van der Waals surface area contributed by atoms with E-state index in [9.17, 15) is 18.0 Å². The number of hydrogen-bond acceptors (Lipinski definition) is 1. The number of carbonyl (C=O) groups is 1. The Morgan fingerprint density at radius 2 is 2.00 bits per heavy atom. The molecule has 0 aliphatic carbocycles. The lowest BCUT2D eigenvalue weighted by atomic mass is 10.1. The minimum Gasteiger partial charge on any atom is -0.286 e. The van der Waals surface area contributed by atoms with Crippen molar-refractivity contribution in [2.45, 2.75) is 12.3 Å². The molecule has 0 radical (unpaired) electrons. The fourth-order valence-corrected chi connectivity index (χ4v) is 1.06. The molecule has 1 nitrogen and oxygen atoms in total. The van der Waals surface area contributed by atoms with Crippen LogP contribution in [0.3, 0.4) is 0 Å². The maximum Gasteiger partial charge on any atom is 0.384 e. The van der Waals surface area contributed by atoms with Crippen molar-refractivity contribution in [3.63, 3.8) is 0 Å². The second-order valence-electron chi connectivity index (χ2n) is 2.79. The summed E-state index contributed by atoms with van der Waals surface area (Å²) in [7, 11) is 0. The van der Waals surface area contributed by atoms with E-state index in [0.717, 1.165) is 18.2 Å². The summed E-state index contributed by atoms with van der Waals surface area (Å²) in [5.41, 5.74) is -0.180. The van der Waals surface area contributed by atoms with Crippen LogP contribution in [0.5, 0.6) is 0 Å². The van der Waals surface area contributed by atoms with E-state index in [2.05, 4.69) is 11.6 Å². The van der Waals surface area contributed by atoms with Crippen LogP contribution in [0.2, 0.25) is 0 Å². The normalized spacial score (nSPS) is 11.5. The van der Waals surface area contributed by atoms with E-state index in [-0.39, 0.29) is 11.1 Å². The van der Waals surface area contributed by atoms with E-state index >= 15 is 0 Å². The number of rotatable bonds is 2. The lowest BCUT2D eigenvalue weighted by molar-refractivity contribution is 0.0536. The van der Waals surface area contributed by atoms with E-state index in [1.165, 1.54) is 6.92 Å². The first-order chi connectivity index (χ1) is 6.32. The van der Waals surface area contributed by atoms with E-state index < -0.39 is 17.0 Å². The molecule has 1 aromatic carbocycles. The monoisotopic (exact) mass is 222 g/mol. The van der Waals surface area contributed by atoms with E-state index in [1.807, 2.05) is 0 Å². The Kier molecular flexibility index (Phi) is 2.85. The highest BCUT2D eigenvalue weighted by molar-refractivity contribution is 6.35. The number of aryl methyl sites for hydroxylation is 1. The molecule has 76 valence electrons. The zero-order chi connectivity index (χ0) is 10.9. The van der Waals surface area contributed by atoms with Crippen molar-refractivity contribution in [1.82, 2.24) is 0 Å². The summed E-state index contributed by atoms with van der Waals surface area (Å²) in [4.78, 5) is 10.9. The van der Waals surface area contributed by atoms with Gasteiger partial charge in [-0.1, -0.05) is 0 Å². The first-order valence-electron chi connectivity index (χ1n) is 3.70. The number of ketones is 1. The molecule has 0 heterocycles. The van der Waals surface area contributed by atoms with Gasteiger partial charge in [0.05, 0.1) is 0 Å². The van der Waals surface area contributed by atoms with Crippen LogP contribution in [-0.4, -0.2) is 11.2 Å². The molecule has 0 bridgehead atoms. The van der Waals surface area contributed by atoms with Gasteiger partial charge in [-0.15, -0.1) is 0 Å². The minimum absolute atomic E-state index is 0.122. The Hall–Kier alpha value is -1.03. The standard InChI is InChI=1S/C9H6ClF3O/c1-5-4-6(2-3-7(5)11)8(14)9(10,12)13/h2-4H,1H3. The average molecular weight is 223 g/mol. The molecule has 14 heavy (non-hydrogen) atoms. The van der Waals surface area contributed by atoms with Gasteiger partial charge in [-0.3, -0.25) is 4.79 Å². The van der Waals surface area contributed by atoms with Gasteiger partial charge in [0.25, 0.3) is 0 Å². The molecule has 0 saturated carbocycles. The third-order valence-electron chi connectivity index (χ3n) is 1.68. The first-order valence-corrected chi connectivity index (χ1v) is 4.08. The summed E-state index contributed by atoms with van der Waals surface area (Å²) in [5, 5.41) is -3.94. The second kappa shape index (κ2) is 3.61. The molecule has 0 fully saturated rings. The summed E-state index contributed by atoms with van der Waals surface area (Å²) in [5.74, 6) is -2.08. The van der Waals surface area contributed by atoms with Crippen molar-refractivity contribution in [3.05, 3.63) is 35.1 Å². The summed E-state index contributed by atoms with van der Waals surface area (Å²) in [6, 6.07) is 2.96. The molecule has 0 aliphatic rings. The molecular weight excluding hydrogens is 217 g/mol. The minimum atomic E-state index is -3.94. The Morgan fingerprint density at radius 1 is 1.43 bits per heavy atom. The lowest BCUT2D eigenvalue weighted by Gasteiger charge is -2.07. The molecule has 0 spiro atoms. The number of alkyl halides is 3. The Labute approximate surface area is 83.5 Å². The third-order valence-corrected chi connectivity index (χ3v) is 1.85. The Bertz CT molecular complexity index is 371. The summed E-state index contributed by atoms with van der Waals surface area (Å²) in [6.07, 6.45) is 0. The van der Waals surface area contributed by atoms with Crippen LogP contribution >= 0.6 is 11.6 Å². The third kappa shape index (κ3) is 2.26. The highest BCUT2D eigenvalue weighted by Crippen LogP contribution is 2.25. The smallest absolute Gasteiger partial charge is 0.286 e. The SMILES string of the molecule is Cc1cc(C(=O)C(F)(F)Cl)ccc1F. The van der Waals surface area contributed by atoms with Crippen LogP contribution in [0.4, 0.5) is 13.2 Å². The Balaban J connectivity index is 3.10. The van der Waals surface area contributed by atoms with Gasteiger partial charge in [-0.2, -0.15) is 8.78 Å². The summed E-state index contributed by atoms with van der Waals surface area (Å²) in [6.45, 7) is 1.37. The number of halogens is 4. The highest BCUT2D eigenvalue weighted by atomic mass is 35.5. The van der Waals surface area contributed by atoms with Crippen molar-refractivity contribution in [2.24, 2.45) is 0 Å². The molecule has 0 N–H and O–H groups in total. The van der Waals surface area contributed by atoms with E-state index in [0.29, 0.717) is 0 Å². The van der Waals surface area contributed by atoms with Crippen molar-refractivity contribution >= 4 is 17.4 Å². The van der Waals surface area contributed by atoms with Crippen LogP contribution < -0.4 is 0 Å². The maximum atomic E-state index is 12.7. The lowest BCUT2D eigenvalue weighted by Crippen LogP contribution is -2.21. The van der Waals surface area contributed by atoms with Crippen molar-refractivity contribution in [1.29, 1.82) is 0 Å². The molecule has 0 aromatic heterocycles. The molecule has 0 unspecified atom stereocenters. The van der Waals surface area contributed by atoms with E-state index in [4.69, 9.17) is 0 Å². The summed E-state index contributed by atoms with van der Waals surface area (Å²) >= 11 is 4.53. The molecule has 0 atom stereocenters. The summed E-state index contributed by atoms with van der Waals surface area (Å²) < 4.78 is 37.4. The topological polar surface area (TPSA) is 17.1 Å². The highest BCUT2D eigenvalue weighted by Gasteiger charge is 2.36. The van der Waals surface area contributed by atoms with Crippen molar-refractivity contribution < 1.29 is 18.0 Å². The van der Waals surface area contributed by atoms with Gasteiger partial charge < -0.3 is 0 Å². The molecule has 0 aliphatic heterocycles. The van der Waals surface area contributed by atoms with Crippen LogP contribution in [0.1, 0.15) is 15.9 Å². The van der Waals surface area contributed by atoms with Crippen LogP contribution in [0, 0.1) is 12.7 Å². The van der Waals surface area contributed by atoms with Crippen LogP contribution in [-0.2, 0) is 0 Å². The van der Waals surface area contributed by atoms with Crippen LogP contribution in [0.25, 0.3) is 0 Å². The Morgan fingerprint density at radius 3 is 2.43 bits per heavy atom.